The number of methoxy groups -OCH3 is 1. The number of hydrogen-bond donors (Lipinski definition) is 0. The maximum atomic E-state index is 12.6. The summed E-state index contributed by atoms with van der Waals surface area (Å²) in [5.41, 5.74) is 0.0744. The maximum absolute atomic E-state index is 12.6. The summed E-state index contributed by atoms with van der Waals surface area (Å²) < 4.78 is 42.7. The summed E-state index contributed by atoms with van der Waals surface area (Å²) in [6, 6.07) is 0. The Hall–Kier alpha value is 1.45. The second-order valence-corrected chi connectivity index (χ2v) is 5.42. The van der Waals surface area contributed by atoms with E-state index >= 15 is 0 Å². The molecule has 3 aliphatic carbocycles. The number of rotatable bonds is 6. The molecule has 0 atom stereocenters. The Kier molecular flexibility index (Phi) is 5.05. The third-order valence-corrected chi connectivity index (χ3v) is 4.18. The summed E-state index contributed by atoms with van der Waals surface area (Å²) in [6.45, 7) is -3.86. The summed E-state index contributed by atoms with van der Waals surface area (Å²) in [4.78, 5) is 0. The van der Waals surface area contributed by atoms with Gasteiger partial charge < -0.3 is 17.7 Å². The third-order valence-electron chi connectivity index (χ3n) is 4.18. The van der Waals surface area contributed by atoms with Crippen molar-refractivity contribution < 1.29 is 69.1 Å². The molecule has 6 heteroatoms. The molecule has 0 saturated heterocycles. The van der Waals surface area contributed by atoms with Gasteiger partial charge in [-0.3, -0.25) is 0 Å². The van der Waals surface area contributed by atoms with Gasteiger partial charge in [0.15, 0.2) is 0 Å². The van der Waals surface area contributed by atoms with Gasteiger partial charge in [0.1, 0.15) is 0 Å². The number of unbranched alkanes of at least 4 members (excludes halogenated alkanes) is 1. The van der Waals surface area contributed by atoms with Crippen LogP contribution in [0, 0.1) is 5.41 Å². The molecule has 1 nitrogen and oxygen atoms in total. The van der Waals surface area contributed by atoms with Crippen molar-refractivity contribution in [2.24, 2.45) is 5.41 Å². The van der Waals surface area contributed by atoms with Gasteiger partial charge in [-0.15, -0.1) is 0 Å². The molecule has 0 aromatic carbocycles. The van der Waals surface area contributed by atoms with Crippen molar-refractivity contribution in [2.45, 2.75) is 43.8 Å². The van der Waals surface area contributed by atoms with Crippen LogP contribution in [0.2, 0.25) is 5.31 Å². The van der Waals surface area contributed by atoms with E-state index in [0.29, 0.717) is 19.3 Å². The molecule has 0 radical (unpaired) electrons. The van der Waals surface area contributed by atoms with Crippen LogP contribution in [-0.2, 0) is 4.74 Å². The van der Waals surface area contributed by atoms with E-state index in [9.17, 15) is 12.9 Å². The van der Waals surface area contributed by atoms with Crippen LogP contribution >= 0.6 is 0 Å². The average molecular weight is 260 g/mol. The van der Waals surface area contributed by atoms with Crippen LogP contribution in [0.4, 0.5) is 12.9 Å². The molecule has 0 heterocycles. The van der Waals surface area contributed by atoms with Crippen LogP contribution in [0.25, 0.3) is 0 Å². The maximum Gasteiger partial charge on any atom is 1.00 e. The molecule has 3 saturated carbocycles. The summed E-state index contributed by atoms with van der Waals surface area (Å²) in [6.07, 6.45) is 4.19. The van der Waals surface area contributed by atoms with Crippen molar-refractivity contribution in [1.29, 1.82) is 0 Å². The fraction of sp³-hybridized carbons (Fsp3) is 1.00. The van der Waals surface area contributed by atoms with Gasteiger partial charge in [-0.05, 0) is 18.3 Å². The normalized spacial score (nSPS) is 36.0. The van der Waals surface area contributed by atoms with Crippen molar-refractivity contribution in [3.8, 4) is 0 Å². The molecular weight excluding hydrogens is 243 g/mol. The largest absolute Gasteiger partial charge is 1.00 e. The molecule has 0 unspecified atom stereocenters. The zero-order valence-corrected chi connectivity index (χ0v) is 13.2. The SMILES string of the molecule is COCCCCC12CC([B-](F)(F)F)(C1)C2.[K+]. The number of hydrogen-bond acceptors (Lipinski definition) is 1. The topological polar surface area (TPSA) is 9.23 Å². The van der Waals surface area contributed by atoms with E-state index in [1.165, 1.54) is 0 Å². The smallest absolute Gasteiger partial charge is 0.449 e. The molecule has 0 aromatic heterocycles. The molecule has 0 amide bonds. The van der Waals surface area contributed by atoms with Gasteiger partial charge in [0.25, 0.3) is 0 Å². The summed E-state index contributed by atoms with van der Waals surface area (Å²) in [5, 5.41) is -1.21. The molecule has 0 N–H and O–H groups in total. The van der Waals surface area contributed by atoms with Gasteiger partial charge >= 0.3 is 58.4 Å². The van der Waals surface area contributed by atoms with Crippen LogP contribution in [-0.4, -0.2) is 20.7 Å². The molecule has 16 heavy (non-hydrogen) atoms. The predicted octanol–water partition coefficient (Wildman–Crippen LogP) is 0.579. The van der Waals surface area contributed by atoms with Crippen LogP contribution in [0.1, 0.15) is 38.5 Å². The van der Waals surface area contributed by atoms with Gasteiger partial charge in [0.2, 0.25) is 0 Å². The molecule has 3 fully saturated rings. The van der Waals surface area contributed by atoms with Crippen LogP contribution in [0.5, 0.6) is 0 Å². The van der Waals surface area contributed by atoms with Gasteiger partial charge in [0, 0.05) is 13.7 Å². The van der Waals surface area contributed by atoms with Crippen molar-refractivity contribution in [2.75, 3.05) is 13.7 Å². The minimum Gasteiger partial charge on any atom is -0.449 e. The summed E-state index contributed by atoms with van der Waals surface area (Å²) in [7, 11) is 1.65. The zero-order valence-electron chi connectivity index (χ0n) is 10.1. The van der Waals surface area contributed by atoms with E-state index in [0.717, 1.165) is 25.9 Å². The Morgan fingerprint density at radius 1 is 1.12 bits per heavy atom. The molecule has 88 valence electrons. The molecule has 3 rings (SSSR count). The minimum atomic E-state index is -4.59. The van der Waals surface area contributed by atoms with Gasteiger partial charge in [-0.25, -0.2) is 0 Å². The van der Waals surface area contributed by atoms with E-state index < -0.39 is 12.3 Å². The van der Waals surface area contributed by atoms with Crippen molar-refractivity contribution >= 4 is 6.98 Å². The Morgan fingerprint density at radius 2 is 1.69 bits per heavy atom. The van der Waals surface area contributed by atoms with Gasteiger partial charge in [-0.2, -0.15) is 0 Å². The van der Waals surface area contributed by atoms with Crippen LogP contribution in [0.15, 0.2) is 0 Å². The van der Waals surface area contributed by atoms with Crippen LogP contribution < -0.4 is 51.4 Å². The molecule has 0 aromatic rings. The van der Waals surface area contributed by atoms with Gasteiger partial charge in [0.05, 0.1) is 0 Å². The standard InChI is InChI=1S/C10H17BF3O.K/c1-15-5-3-2-4-9-6-10(7-9,8-9)11(12,13)14;/h2-8H2,1H3;/q-1;+1. The van der Waals surface area contributed by atoms with E-state index in [-0.39, 0.29) is 56.8 Å². The van der Waals surface area contributed by atoms with Crippen LogP contribution in [0.3, 0.4) is 0 Å². The number of ether oxygens (including phenoxy) is 1. The van der Waals surface area contributed by atoms with Crippen molar-refractivity contribution in [3.63, 3.8) is 0 Å². The molecule has 2 bridgehead atoms. The molecular formula is C10H17BF3KO. The monoisotopic (exact) mass is 260 g/mol. The van der Waals surface area contributed by atoms with Crippen molar-refractivity contribution in [1.82, 2.24) is 0 Å². The summed E-state index contributed by atoms with van der Waals surface area (Å²) >= 11 is 0. The first-order valence-electron chi connectivity index (χ1n) is 5.62. The molecule has 3 aliphatic rings. The Morgan fingerprint density at radius 3 is 2.12 bits per heavy atom. The van der Waals surface area contributed by atoms with Crippen molar-refractivity contribution in [3.05, 3.63) is 0 Å². The molecule has 0 aliphatic heterocycles. The zero-order chi connectivity index (χ0) is 11.2. The fourth-order valence-corrected chi connectivity index (χ4v) is 3.44. The number of halogens is 3. The second kappa shape index (κ2) is 5.21. The first-order valence-corrected chi connectivity index (χ1v) is 5.62. The third kappa shape index (κ3) is 2.57. The summed E-state index contributed by atoms with van der Waals surface area (Å²) in [5.74, 6) is 0. The fourth-order valence-electron chi connectivity index (χ4n) is 3.44. The Bertz CT molecular complexity index is 237. The molecule has 0 spiro atoms. The van der Waals surface area contributed by atoms with E-state index in [1.54, 1.807) is 7.11 Å². The first kappa shape index (κ1) is 15.5. The van der Waals surface area contributed by atoms with E-state index in [2.05, 4.69) is 0 Å². The van der Waals surface area contributed by atoms with Gasteiger partial charge in [-0.1, -0.05) is 31.0 Å². The Labute approximate surface area is 137 Å². The van der Waals surface area contributed by atoms with E-state index in [1.807, 2.05) is 0 Å². The second-order valence-electron chi connectivity index (χ2n) is 5.42. The Balaban J connectivity index is 0.00000128. The average Bonchev–Trinajstić information content (AvgIpc) is 1.95. The minimum absolute atomic E-state index is 0. The first-order chi connectivity index (χ1) is 6.93. The predicted molar refractivity (Wildman–Crippen MR) is 53.8 cm³/mol. The quantitative estimate of drug-likeness (QED) is 0.501. The van der Waals surface area contributed by atoms with E-state index in [4.69, 9.17) is 4.74 Å².